The number of benzene rings is 2. The molecule has 30 heavy (non-hydrogen) atoms. The fourth-order valence-corrected chi connectivity index (χ4v) is 3.37. The minimum atomic E-state index is -0.288. The number of aromatic nitrogens is 2. The molecule has 0 radical (unpaired) electrons. The Morgan fingerprint density at radius 1 is 1.10 bits per heavy atom. The number of carbonyl (C=O) groups is 1. The quantitative estimate of drug-likeness (QED) is 0.519. The van der Waals surface area contributed by atoms with Crippen LogP contribution in [-0.2, 0) is 11.2 Å². The molecule has 7 nitrogen and oxygen atoms in total. The zero-order valence-electron chi connectivity index (χ0n) is 17.0. The summed E-state index contributed by atoms with van der Waals surface area (Å²) in [5, 5.41) is 12.1. The zero-order valence-corrected chi connectivity index (χ0v) is 17.9. The fraction of sp³-hybridized carbons (Fsp3) is 0.227. The smallest absolute Gasteiger partial charge is 0.250 e. The van der Waals surface area contributed by atoms with E-state index < -0.39 is 0 Å². The Kier molecular flexibility index (Phi) is 7.40. The summed E-state index contributed by atoms with van der Waals surface area (Å²) in [5.41, 5.74) is 1.96. The maximum absolute atomic E-state index is 12.2. The van der Waals surface area contributed by atoms with Crippen LogP contribution in [-0.4, -0.2) is 36.9 Å². The van der Waals surface area contributed by atoms with Gasteiger partial charge in [-0.25, -0.2) is 0 Å². The van der Waals surface area contributed by atoms with Gasteiger partial charge in [-0.1, -0.05) is 29.5 Å². The Bertz CT molecular complexity index is 1030. The van der Waals surface area contributed by atoms with Gasteiger partial charge in [-0.15, -0.1) is 10.2 Å². The maximum atomic E-state index is 12.2. The molecule has 1 amide bonds. The maximum Gasteiger partial charge on any atom is 0.250 e. The normalized spacial score (nSPS) is 10.8. The van der Waals surface area contributed by atoms with E-state index in [-0.39, 0.29) is 5.91 Å². The van der Waals surface area contributed by atoms with Crippen LogP contribution in [0.1, 0.15) is 16.1 Å². The first-order chi connectivity index (χ1) is 14.6. The highest BCUT2D eigenvalue weighted by Gasteiger charge is 2.07. The van der Waals surface area contributed by atoms with Crippen LogP contribution in [0.2, 0.25) is 0 Å². The standard InChI is InChI=1S/C22H23N3O4S/c1-15-5-4-6-17(13-15)29-12-11-21-24-25-22(30-21)23-20(26)10-8-16-7-9-18(27-2)19(14-16)28-3/h4-10,13-14H,11-12H2,1-3H3,(H,23,25,26)/b10-8+. The highest BCUT2D eigenvalue weighted by Crippen LogP contribution is 2.28. The molecule has 0 aliphatic carbocycles. The predicted molar refractivity (Wildman–Crippen MR) is 117 cm³/mol. The summed E-state index contributed by atoms with van der Waals surface area (Å²) in [6.45, 7) is 2.51. The molecule has 0 fully saturated rings. The summed E-state index contributed by atoms with van der Waals surface area (Å²) in [7, 11) is 3.14. The van der Waals surface area contributed by atoms with E-state index in [1.54, 1.807) is 32.4 Å². The van der Waals surface area contributed by atoms with E-state index in [1.807, 2.05) is 37.3 Å². The number of carbonyl (C=O) groups excluding carboxylic acids is 1. The number of amides is 1. The van der Waals surface area contributed by atoms with E-state index in [1.165, 1.54) is 17.4 Å². The largest absolute Gasteiger partial charge is 0.493 e. The summed E-state index contributed by atoms with van der Waals surface area (Å²) < 4.78 is 16.2. The Morgan fingerprint density at radius 3 is 2.70 bits per heavy atom. The summed E-state index contributed by atoms with van der Waals surface area (Å²) in [6.07, 6.45) is 3.74. The molecular weight excluding hydrogens is 402 g/mol. The van der Waals surface area contributed by atoms with E-state index in [0.29, 0.717) is 29.7 Å². The molecule has 0 aliphatic heterocycles. The molecule has 0 aliphatic rings. The molecule has 0 saturated carbocycles. The molecule has 0 saturated heterocycles. The minimum absolute atomic E-state index is 0.288. The average Bonchev–Trinajstić information content (AvgIpc) is 3.19. The van der Waals surface area contributed by atoms with Gasteiger partial charge in [0.1, 0.15) is 10.8 Å². The number of hydrogen-bond donors (Lipinski definition) is 1. The van der Waals surface area contributed by atoms with Gasteiger partial charge in [-0.2, -0.15) is 0 Å². The molecule has 1 heterocycles. The van der Waals surface area contributed by atoms with Crippen molar-refractivity contribution in [1.29, 1.82) is 0 Å². The molecule has 3 aromatic rings. The van der Waals surface area contributed by atoms with Crippen molar-refractivity contribution < 1.29 is 19.0 Å². The molecule has 1 aromatic heterocycles. The number of hydrogen-bond acceptors (Lipinski definition) is 7. The van der Waals surface area contributed by atoms with Crippen molar-refractivity contribution in [2.45, 2.75) is 13.3 Å². The summed E-state index contributed by atoms with van der Waals surface area (Å²) in [4.78, 5) is 12.2. The number of ether oxygens (including phenoxy) is 3. The number of anilines is 1. The highest BCUT2D eigenvalue weighted by molar-refractivity contribution is 7.15. The van der Waals surface area contributed by atoms with Gasteiger partial charge in [0.15, 0.2) is 11.5 Å². The van der Waals surface area contributed by atoms with Gasteiger partial charge in [0, 0.05) is 12.5 Å². The fourth-order valence-electron chi connectivity index (χ4n) is 2.64. The molecule has 0 spiro atoms. The number of rotatable bonds is 9. The van der Waals surface area contributed by atoms with Crippen LogP contribution in [0.5, 0.6) is 17.2 Å². The average molecular weight is 426 g/mol. The summed E-state index contributed by atoms with van der Waals surface area (Å²) in [5.74, 6) is 1.77. The SMILES string of the molecule is COc1ccc(/C=C/C(=O)Nc2nnc(CCOc3cccc(C)c3)s2)cc1OC. The van der Waals surface area contributed by atoms with Crippen molar-refractivity contribution in [1.82, 2.24) is 10.2 Å². The third-order valence-electron chi connectivity index (χ3n) is 4.11. The Morgan fingerprint density at radius 2 is 1.93 bits per heavy atom. The predicted octanol–water partition coefficient (Wildman–Crippen LogP) is 4.14. The lowest BCUT2D eigenvalue weighted by molar-refractivity contribution is -0.111. The van der Waals surface area contributed by atoms with Crippen LogP contribution >= 0.6 is 11.3 Å². The molecular formula is C22H23N3O4S. The van der Waals surface area contributed by atoms with Gasteiger partial charge in [-0.05, 0) is 48.4 Å². The summed E-state index contributed by atoms with van der Waals surface area (Å²) >= 11 is 1.33. The van der Waals surface area contributed by atoms with E-state index in [4.69, 9.17) is 14.2 Å². The van der Waals surface area contributed by atoms with Gasteiger partial charge in [0.05, 0.1) is 20.8 Å². The van der Waals surface area contributed by atoms with Crippen LogP contribution in [0, 0.1) is 6.92 Å². The third-order valence-corrected chi connectivity index (χ3v) is 5.00. The first kappa shape index (κ1) is 21.3. The first-order valence-electron chi connectivity index (χ1n) is 9.30. The second-order valence-electron chi connectivity index (χ2n) is 6.35. The van der Waals surface area contributed by atoms with Crippen LogP contribution in [0.25, 0.3) is 6.08 Å². The van der Waals surface area contributed by atoms with Crippen LogP contribution in [0.3, 0.4) is 0 Å². The zero-order chi connectivity index (χ0) is 21.3. The first-order valence-corrected chi connectivity index (χ1v) is 10.1. The van der Waals surface area contributed by atoms with Gasteiger partial charge in [0.2, 0.25) is 11.0 Å². The molecule has 0 unspecified atom stereocenters. The topological polar surface area (TPSA) is 82.6 Å². The third kappa shape index (κ3) is 6.05. The Labute approximate surface area is 179 Å². The van der Waals surface area contributed by atoms with Gasteiger partial charge < -0.3 is 14.2 Å². The van der Waals surface area contributed by atoms with Crippen LogP contribution in [0.15, 0.2) is 48.5 Å². The second-order valence-corrected chi connectivity index (χ2v) is 7.41. The van der Waals surface area contributed by atoms with Crippen molar-refractivity contribution in [2.75, 3.05) is 26.1 Å². The lowest BCUT2D eigenvalue weighted by Gasteiger charge is -2.07. The molecule has 1 N–H and O–H groups in total. The molecule has 3 rings (SSSR count). The molecule has 0 atom stereocenters. The number of nitrogens with zero attached hydrogens (tertiary/aromatic N) is 2. The van der Waals surface area contributed by atoms with Gasteiger partial charge in [-0.3, -0.25) is 10.1 Å². The van der Waals surface area contributed by atoms with E-state index in [0.717, 1.165) is 21.9 Å². The highest BCUT2D eigenvalue weighted by atomic mass is 32.1. The molecule has 8 heteroatoms. The second kappa shape index (κ2) is 10.4. The Balaban J connectivity index is 1.50. The monoisotopic (exact) mass is 425 g/mol. The van der Waals surface area contributed by atoms with Crippen molar-refractivity contribution >= 4 is 28.5 Å². The van der Waals surface area contributed by atoms with Crippen molar-refractivity contribution in [3.63, 3.8) is 0 Å². The van der Waals surface area contributed by atoms with E-state index in [9.17, 15) is 4.79 Å². The summed E-state index contributed by atoms with van der Waals surface area (Å²) in [6, 6.07) is 13.3. The van der Waals surface area contributed by atoms with Crippen LogP contribution in [0.4, 0.5) is 5.13 Å². The lowest BCUT2D eigenvalue weighted by Crippen LogP contribution is -2.07. The van der Waals surface area contributed by atoms with E-state index >= 15 is 0 Å². The molecule has 0 bridgehead atoms. The van der Waals surface area contributed by atoms with Crippen molar-refractivity contribution in [3.05, 3.63) is 64.7 Å². The van der Waals surface area contributed by atoms with E-state index in [2.05, 4.69) is 15.5 Å². The van der Waals surface area contributed by atoms with Crippen LogP contribution < -0.4 is 19.5 Å². The number of methoxy groups -OCH3 is 2. The molecule has 156 valence electrons. The lowest BCUT2D eigenvalue weighted by atomic mass is 10.2. The minimum Gasteiger partial charge on any atom is -0.493 e. The van der Waals surface area contributed by atoms with Gasteiger partial charge in [0.25, 0.3) is 0 Å². The Hall–Kier alpha value is -3.39. The number of aryl methyl sites for hydroxylation is 1. The van der Waals surface area contributed by atoms with Crippen molar-refractivity contribution in [2.24, 2.45) is 0 Å². The number of nitrogens with one attached hydrogen (secondary N) is 1. The van der Waals surface area contributed by atoms with Gasteiger partial charge >= 0.3 is 0 Å². The van der Waals surface area contributed by atoms with Crippen molar-refractivity contribution in [3.8, 4) is 17.2 Å². The molecule has 2 aromatic carbocycles.